The van der Waals surface area contributed by atoms with Gasteiger partial charge >= 0.3 is 7.60 Å². The molecule has 3 atom stereocenters. The SMILES string of the molecule is Cc1cc(C)n(-c2nc3c(c(=O)n2-c2ccc(OC[C@H](C)OP(C)(=O)O)cc2)C[C@@H](C)N(C(=O)c2ccc(Br)c(C)c2)C3)n1. The summed E-state index contributed by atoms with van der Waals surface area (Å²) >= 11 is 3.50. The first-order chi connectivity index (χ1) is 20.7. The molecule has 44 heavy (non-hydrogen) atoms. The number of benzene rings is 2. The van der Waals surface area contributed by atoms with Crippen molar-refractivity contribution < 1.29 is 23.5 Å². The normalized spacial score (nSPS) is 16.7. The zero-order valence-electron chi connectivity index (χ0n) is 25.4. The summed E-state index contributed by atoms with van der Waals surface area (Å²) in [5.74, 6) is 0.706. The number of hydrogen-bond donors (Lipinski definition) is 1. The predicted molar refractivity (Wildman–Crippen MR) is 170 cm³/mol. The maximum Gasteiger partial charge on any atom is 0.325 e. The second kappa shape index (κ2) is 12.4. The summed E-state index contributed by atoms with van der Waals surface area (Å²) in [6, 6.07) is 14.1. The van der Waals surface area contributed by atoms with Gasteiger partial charge in [0.15, 0.2) is 0 Å². The number of aryl methyl sites for hydroxylation is 3. The van der Waals surface area contributed by atoms with Crippen molar-refractivity contribution in [1.29, 1.82) is 0 Å². The number of rotatable bonds is 8. The lowest BCUT2D eigenvalue weighted by atomic mass is 9.98. The van der Waals surface area contributed by atoms with Crippen LogP contribution < -0.4 is 10.3 Å². The standard InChI is InChI=1S/C31H35BrN5O6P/c1-18-13-23(7-12-27(18)32)29(38)35-16-28-26(15-20(35)3)30(39)36(31(33-28)37-21(4)14-19(2)34-37)24-8-10-25(11-9-24)42-17-22(5)43-44(6,40)41/h7-14,20,22H,15-17H2,1-6H3,(H,40,41)/t20-,22+/m1/s1. The van der Waals surface area contributed by atoms with E-state index in [1.54, 1.807) is 46.8 Å². The first kappa shape index (κ1) is 31.8. The van der Waals surface area contributed by atoms with Crippen molar-refractivity contribution in [2.75, 3.05) is 13.3 Å². The van der Waals surface area contributed by atoms with Crippen LogP contribution in [0.5, 0.6) is 5.75 Å². The van der Waals surface area contributed by atoms with Gasteiger partial charge in [-0.05, 0) is 95.1 Å². The van der Waals surface area contributed by atoms with Crippen molar-refractivity contribution in [1.82, 2.24) is 24.2 Å². The molecule has 0 saturated carbocycles. The van der Waals surface area contributed by atoms with E-state index in [4.69, 9.17) is 14.2 Å². The monoisotopic (exact) mass is 683 g/mol. The van der Waals surface area contributed by atoms with Gasteiger partial charge in [-0.15, -0.1) is 0 Å². The van der Waals surface area contributed by atoms with Gasteiger partial charge in [0.05, 0.1) is 29.7 Å². The average molecular weight is 685 g/mol. The van der Waals surface area contributed by atoms with Gasteiger partial charge in [-0.25, -0.2) is 14.2 Å². The smallest absolute Gasteiger partial charge is 0.325 e. The van der Waals surface area contributed by atoms with Crippen molar-refractivity contribution in [2.24, 2.45) is 0 Å². The molecule has 0 radical (unpaired) electrons. The number of fused-ring (bicyclic) bond motifs is 1. The van der Waals surface area contributed by atoms with Gasteiger partial charge in [-0.2, -0.15) is 5.10 Å². The van der Waals surface area contributed by atoms with Gasteiger partial charge in [0.1, 0.15) is 12.4 Å². The van der Waals surface area contributed by atoms with Crippen molar-refractivity contribution in [2.45, 2.75) is 59.7 Å². The molecule has 0 bridgehead atoms. The minimum absolute atomic E-state index is 0.0715. The molecule has 1 N–H and O–H groups in total. The van der Waals surface area contributed by atoms with Crippen molar-refractivity contribution in [3.05, 3.63) is 97.1 Å². The van der Waals surface area contributed by atoms with E-state index in [0.717, 1.165) is 28.1 Å². The third-order valence-electron chi connectivity index (χ3n) is 7.42. The van der Waals surface area contributed by atoms with Crippen LogP contribution in [0.2, 0.25) is 0 Å². The zero-order valence-corrected chi connectivity index (χ0v) is 27.9. The second-order valence-electron chi connectivity index (χ2n) is 11.3. The maximum atomic E-state index is 14.2. The third kappa shape index (κ3) is 6.73. The molecule has 2 aromatic carbocycles. The van der Waals surface area contributed by atoms with E-state index < -0.39 is 13.7 Å². The average Bonchev–Trinajstić information content (AvgIpc) is 3.29. The number of aromatic nitrogens is 4. The highest BCUT2D eigenvalue weighted by atomic mass is 79.9. The molecule has 13 heteroatoms. The topological polar surface area (TPSA) is 129 Å². The van der Waals surface area contributed by atoms with Crippen LogP contribution >= 0.6 is 23.5 Å². The summed E-state index contributed by atoms with van der Waals surface area (Å²) in [6.07, 6.45) is -0.243. The highest BCUT2D eigenvalue weighted by molar-refractivity contribution is 9.10. The van der Waals surface area contributed by atoms with Crippen LogP contribution in [0.4, 0.5) is 0 Å². The molecule has 3 heterocycles. The molecule has 2 aromatic heterocycles. The Balaban J connectivity index is 1.52. The molecule has 5 rings (SSSR count). The molecular formula is C31H35BrN5O6P. The minimum Gasteiger partial charge on any atom is -0.491 e. The van der Waals surface area contributed by atoms with Gasteiger partial charge < -0.3 is 19.1 Å². The van der Waals surface area contributed by atoms with Gasteiger partial charge in [-0.1, -0.05) is 15.9 Å². The fourth-order valence-electron chi connectivity index (χ4n) is 5.34. The lowest BCUT2D eigenvalue weighted by Gasteiger charge is -2.34. The highest BCUT2D eigenvalue weighted by Crippen LogP contribution is 2.38. The van der Waals surface area contributed by atoms with Crippen molar-refractivity contribution in [3.8, 4) is 17.4 Å². The third-order valence-corrected chi connectivity index (χ3v) is 9.06. The summed E-state index contributed by atoms with van der Waals surface area (Å²) in [7, 11) is -3.63. The van der Waals surface area contributed by atoms with E-state index in [9.17, 15) is 19.0 Å². The van der Waals surface area contributed by atoms with Crippen LogP contribution in [0.25, 0.3) is 11.6 Å². The molecule has 0 fully saturated rings. The van der Waals surface area contributed by atoms with Crippen LogP contribution in [0.1, 0.15) is 52.4 Å². The van der Waals surface area contributed by atoms with Crippen LogP contribution in [0.15, 0.2) is 57.8 Å². The zero-order chi connectivity index (χ0) is 31.9. The van der Waals surface area contributed by atoms with E-state index in [-0.39, 0.29) is 30.7 Å². The van der Waals surface area contributed by atoms with E-state index in [0.29, 0.717) is 40.6 Å². The van der Waals surface area contributed by atoms with Crippen molar-refractivity contribution >= 4 is 29.4 Å². The molecule has 1 amide bonds. The van der Waals surface area contributed by atoms with Gasteiger partial charge in [0, 0.05) is 34.0 Å². The summed E-state index contributed by atoms with van der Waals surface area (Å²) in [6.45, 7) is 10.7. The number of amides is 1. The van der Waals surface area contributed by atoms with Crippen LogP contribution in [-0.4, -0.2) is 60.4 Å². The lowest BCUT2D eigenvalue weighted by molar-refractivity contribution is 0.0652. The van der Waals surface area contributed by atoms with Gasteiger partial charge in [0.2, 0.25) is 5.95 Å². The predicted octanol–water partition coefficient (Wildman–Crippen LogP) is 5.29. The maximum absolute atomic E-state index is 14.2. The van der Waals surface area contributed by atoms with Crippen LogP contribution in [0.3, 0.4) is 0 Å². The second-order valence-corrected chi connectivity index (χ2v) is 14.0. The lowest BCUT2D eigenvalue weighted by Crippen LogP contribution is -2.46. The molecular weight excluding hydrogens is 649 g/mol. The molecule has 0 aliphatic carbocycles. The van der Waals surface area contributed by atoms with E-state index in [1.807, 2.05) is 45.9 Å². The molecule has 1 unspecified atom stereocenters. The Morgan fingerprint density at radius 1 is 1.16 bits per heavy atom. The summed E-state index contributed by atoms with van der Waals surface area (Å²) < 4.78 is 26.4. The number of carbonyl (C=O) groups is 1. The Kier molecular flexibility index (Phi) is 9.00. The molecule has 1 aliphatic rings. The Morgan fingerprint density at radius 3 is 2.48 bits per heavy atom. The molecule has 232 valence electrons. The Morgan fingerprint density at radius 2 is 1.86 bits per heavy atom. The molecule has 1 aliphatic heterocycles. The Bertz CT molecular complexity index is 1830. The number of halogens is 1. The summed E-state index contributed by atoms with van der Waals surface area (Å²) in [5, 5.41) is 4.61. The van der Waals surface area contributed by atoms with E-state index in [1.165, 1.54) is 4.57 Å². The number of nitrogens with zero attached hydrogens (tertiary/aromatic N) is 5. The van der Waals surface area contributed by atoms with Crippen LogP contribution in [0, 0.1) is 20.8 Å². The number of carbonyl (C=O) groups excluding carboxylic acids is 1. The summed E-state index contributed by atoms with van der Waals surface area (Å²) in [4.78, 5) is 44.0. The highest BCUT2D eigenvalue weighted by Gasteiger charge is 2.32. The Hall–Kier alpha value is -3.57. The molecule has 11 nitrogen and oxygen atoms in total. The molecule has 0 saturated heterocycles. The Labute approximate surface area is 264 Å². The minimum atomic E-state index is -3.63. The summed E-state index contributed by atoms with van der Waals surface area (Å²) in [5.41, 5.74) is 4.55. The largest absolute Gasteiger partial charge is 0.491 e. The van der Waals surface area contributed by atoms with E-state index >= 15 is 0 Å². The quantitative estimate of drug-likeness (QED) is 0.248. The van der Waals surface area contributed by atoms with Crippen LogP contribution in [-0.2, 0) is 22.1 Å². The molecule has 4 aromatic rings. The number of ether oxygens (including phenoxy) is 1. The fourth-order valence-corrected chi connectivity index (χ4v) is 6.31. The van der Waals surface area contributed by atoms with Gasteiger partial charge in [0.25, 0.3) is 11.5 Å². The first-order valence-electron chi connectivity index (χ1n) is 14.2. The molecule has 0 spiro atoms. The van der Waals surface area contributed by atoms with E-state index in [2.05, 4.69) is 21.0 Å². The van der Waals surface area contributed by atoms with Crippen molar-refractivity contribution in [3.63, 3.8) is 0 Å². The number of hydrogen-bond acceptors (Lipinski definition) is 7. The fraction of sp³-hybridized carbons (Fsp3) is 0.355. The van der Waals surface area contributed by atoms with Gasteiger partial charge in [-0.3, -0.25) is 14.2 Å². The first-order valence-corrected chi connectivity index (χ1v) is 17.0.